The van der Waals surface area contributed by atoms with Gasteiger partial charge in [0, 0.05) is 0 Å². The summed E-state index contributed by atoms with van der Waals surface area (Å²) < 4.78 is 6.11. The van der Waals surface area contributed by atoms with Crippen molar-refractivity contribution in [1.82, 2.24) is 4.98 Å². The number of hydrogen-bond donors (Lipinski definition) is 1. The number of aromatic carboxylic acids is 1. The van der Waals surface area contributed by atoms with Crippen LogP contribution in [0.4, 0.5) is 0 Å². The number of aryl methyl sites for hydroxylation is 1. The molecule has 3 aromatic rings. The van der Waals surface area contributed by atoms with Crippen LogP contribution in [0.25, 0.3) is 21.3 Å². The molecule has 0 saturated carbocycles. The molecule has 1 aromatic heterocycles. The van der Waals surface area contributed by atoms with Crippen LogP contribution in [0.3, 0.4) is 0 Å². The van der Waals surface area contributed by atoms with Gasteiger partial charge in [0.15, 0.2) is 0 Å². The van der Waals surface area contributed by atoms with Gasteiger partial charge in [-0.1, -0.05) is 63.4 Å². The Morgan fingerprint density at radius 3 is 2.63 bits per heavy atom. The molecule has 0 spiro atoms. The Bertz CT molecular complexity index is 932. The highest BCUT2D eigenvalue weighted by Crippen LogP contribution is 2.40. The van der Waals surface area contributed by atoms with E-state index in [2.05, 4.69) is 18.0 Å². The van der Waals surface area contributed by atoms with Gasteiger partial charge in [0.05, 0.1) is 17.9 Å². The van der Waals surface area contributed by atoms with Crippen molar-refractivity contribution in [3.63, 3.8) is 0 Å². The molecule has 0 fully saturated rings. The lowest BCUT2D eigenvalue weighted by Gasteiger charge is -2.13. The number of rotatable bonds is 9. The van der Waals surface area contributed by atoms with E-state index in [1.165, 1.54) is 24.2 Å². The van der Waals surface area contributed by atoms with Crippen LogP contribution >= 0.6 is 11.3 Å². The van der Waals surface area contributed by atoms with Crippen molar-refractivity contribution in [2.75, 3.05) is 6.61 Å². The summed E-state index contributed by atoms with van der Waals surface area (Å²) in [5.74, 6) is -0.142. The summed E-state index contributed by atoms with van der Waals surface area (Å²) >= 11 is 1.23. The van der Waals surface area contributed by atoms with Crippen molar-refractivity contribution in [3.8, 4) is 16.3 Å². The number of fused-ring (bicyclic) bond motifs is 1. The van der Waals surface area contributed by atoms with E-state index < -0.39 is 5.97 Å². The fourth-order valence-electron chi connectivity index (χ4n) is 3.17. The highest BCUT2D eigenvalue weighted by molar-refractivity contribution is 7.17. The number of hydrogen-bond acceptors (Lipinski definition) is 4. The molecule has 0 aliphatic carbocycles. The van der Waals surface area contributed by atoms with Crippen molar-refractivity contribution in [2.24, 2.45) is 0 Å². The molecule has 0 aliphatic heterocycles. The second-order valence-corrected chi connectivity index (χ2v) is 7.52. The minimum atomic E-state index is -0.919. The largest absolute Gasteiger partial charge is 0.493 e. The monoisotopic (exact) mass is 383 g/mol. The second kappa shape index (κ2) is 9.00. The molecule has 0 saturated heterocycles. The van der Waals surface area contributed by atoms with Gasteiger partial charge in [0.25, 0.3) is 0 Å². The van der Waals surface area contributed by atoms with E-state index >= 15 is 0 Å². The Labute approximate surface area is 163 Å². The highest BCUT2D eigenvalue weighted by atomic mass is 32.1. The third-order valence-corrected chi connectivity index (χ3v) is 5.69. The quantitative estimate of drug-likeness (QED) is 0.448. The molecule has 5 heteroatoms. The lowest BCUT2D eigenvalue weighted by atomic mass is 10.0. The van der Waals surface area contributed by atoms with Crippen molar-refractivity contribution in [3.05, 3.63) is 47.0 Å². The molecule has 0 aliphatic rings. The first-order chi connectivity index (χ1) is 13.2. The molecule has 4 nitrogen and oxygen atoms in total. The van der Waals surface area contributed by atoms with E-state index in [1.807, 2.05) is 37.3 Å². The van der Waals surface area contributed by atoms with Crippen LogP contribution < -0.4 is 4.74 Å². The minimum Gasteiger partial charge on any atom is -0.493 e. The van der Waals surface area contributed by atoms with Crippen LogP contribution in [-0.4, -0.2) is 22.7 Å². The first-order valence-corrected chi connectivity index (χ1v) is 10.3. The number of benzene rings is 2. The molecule has 0 amide bonds. The summed E-state index contributed by atoms with van der Waals surface area (Å²) in [6, 6.07) is 12.1. The molecule has 142 valence electrons. The average molecular weight is 384 g/mol. The predicted molar refractivity (Wildman–Crippen MR) is 111 cm³/mol. The van der Waals surface area contributed by atoms with Crippen LogP contribution in [-0.2, 0) is 6.42 Å². The number of nitrogens with zero attached hydrogens (tertiary/aromatic N) is 1. The van der Waals surface area contributed by atoms with Gasteiger partial charge in [-0.3, -0.25) is 0 Å². The molecule has 3 rings (SSSR count). The van der Waals surface area contributed by atoms with E-state index in [1.54, 1.807) is 0 Å². The number of thiazole rings is 1. The molecule has 1 heterocycles. The number of unbranched alkanes of at least 4 members (excludes halogenated alkanes) is 3. The number of carbonyl (C=O) groups is 1. The average Bonchev–Trinajstić information content (AvgIpc) is 3.12. The molecule has 27 heavy (non-hydrogen) atoms. The summed E-state index contributed by atoms with van der Waals surface area (Å²) in [4.78, 5) is 16.5. The van der Waals surface area contributed by atoms with E-state index in [0.717, 1.165) is 34.9 Å². The summed E-state index contributed by atoms with van der Waals surface area (Å²) in [7, 11) is 0. The van der Waals surface area contributed by atoms with Gasteiger partial charge in [-0.15, -0.1) is 11.3 Å². The van der Waals surface area contributed by atoms with Gasteiger partial charge in [0.2, 0.25) is 0 Å². The third-order valence-electron chi connectivity index (χ3n) is 4.59. The van der Waals surface area contributed by atoms with Crippen LogP contribution in [0.2, 0.25) is 0 Å². The molecular formula is C22H25NO3S. The van der Waals surface area contributed by atoms with Crippen molar-refractivity contribution >= 4 is 28.1 Å². The summed E-state index contributed by atoms with van der Waals surface area (Å²) in [5.41, 5.74) is 1.53. The molecule has 2 aromatic carbocycles. The van der Waals surface area contributed by atoms with E-state index in [4.69, 9.17) is 4.74 Å². The lowest BCUT2D eigenvalue weighted by Crippen LogP contribution is -1.99. The number of aromatic nitrogens is 1. The zero-order chi connectivity index (χ0) is 19.2. The molecular weight excluding hydrogens is 358 g/mol. The van der Waals surface area contributed by atoms with Gasteiger partial charge in [-0.2, -0.15) is 0 Å². The fraction of sp³-hybridized carbons (Fsp3) is 0.364. The summed E-state index contributed by atoms with van der Waals surface area (Å²) in [6.45, 7) is 4.78. The van der Waals surface area contributed by atoms with Crippen LogP contribution in [0.5, 0.6) is 5.75 Å². The SMILES string of the molecule is CCCCCCOc1ccc2ccccc2c1-c1nc(CC)c(C(=O)O)s1. The number of ether oxygens (including phenoxy) is 1. The molecule has 0 radical (unpaired) electrons. The zero-order valence-electron chi connectivity index (χ0n) is 15.8. The maximum Gasteiger partial charge on any atom is 0.347 e. The standard InChI is InChI=1S/C22H25NO3S/c1-3-5-6-9-14-26-18-13-12-15-10-7-8-11-16(15)19(18)21-23-17(4-2)20(27-21)22(24)25/h7-8,10-13H,3-6,9,14H2,1-2H3,(H,24,25). The van der Waals surface area contributed by atoms with Gasteiger partial charge in [-0.25, -0.2) is 9.78 Å². The van der Waals surface area contributed by atoms with Gasteiger partial charge in [0.1, 0.15) is 15.6 Å². The Morgan fingerprint density at radius 2 is 1.93 bits per heavy atom. The second-order valence-electron chi connectivity index (χ2n) is 6.52. The first-order valence-electron chi connectivity index (χ1n) is 9.53. The van der Waals surface area contributed by atoms with E-state index in [0.29, 0.717) is 28.6 Å². The summed E-state index contributed by atoms with van der Waals surface area (Å²) in [5, 5.41) is 12.3. The number of carboxylic acids is 1. The topological polar surface area (TPSA) is 59.4 Å². The Balaban J connectivity index is 2.03. The minimum absolute atomic E-state index is 0.314. The van der Waals surface area contributed by atoms with Crippen LogP contribution in [0.15, 0.2) is 36.4 Å². The van der Waals surface area contributed by atoms with E-state index in [-0.39, 0.29) is 0 Å². The zero-order valence-corrected chi connectivity index (χ0v) is 16.6. The van der Waals surface area contributed by atoms with Crippen LogP contribution in [0, 0.1) is 0 Å². The molecule has 0 unspecified atom stereocenters. The molecule has 1 N–H and O–H groups in total. The van der Waals surface area contributed by atoms with Crippen molar-refractivity contribution in [2.45, 2.75) is 46.0 Å². The van der Waals surface area contributed by atoms with Gasteiger partial charge >= 0.3 is 5.97 Å². The Morgan fingerprint density at radius 1 is 1.11 bits per heavy atom. The maximum atomic E-state index is 11.6. The fourth-order valence-corrected chi connectivity index (χ4v) is 4.23. The van der Waals surface area contributed by atoms with Crippen molar-refractivity contribution in [1.29, 1.82) is 0 Å². The predicted octanol–water partition coefficient (Wildman–Crippen LogP) is 6.18. The Kier molecular flexibility index (Phi) is 6.45. The molecule has 0 atom stereocenters. The first kappa shape index (κ1) is 19.4. The van der Waals surface area contributed by atoms with Crippen LogP contribution in [0.1, 0.15) is 54.9 Å². The molecule has 0 bridgehead atoms. The Hall–Kier alpha value is -2.40. The lowest BCUT2D eigenvalue weighted by molar-refractivity contribution is 0.0701. The number of carboxylic acid groups (broad SMARTS) is 1. The smallest absolute Gasteiger partial charge is 0.347 e. The van der Waals surface area contributed by atoms with Gasteiger partial charge < -0.3 is 9.84 Å². The van der Waals surface area contributed by atoms with Crippen molar-refractivity contribution < 1.29 is 14.6 Å². The maximum absolute atomic E-state index is 11.6. The highest BCUT2D eigenvalue weighted by Gasteiger charge is 2.21. The van der Waals surface area contributed by atoms with Gasteiger partial charge in [-0.05, 0) is 29.7 Å². The van der Waals surface area contributed by atoms with E-state index in [9.17, 15) is 9.90 Å². The third kappa shape index (κ3) is 4.30. The normalized spacial score (nSPS) is 11.0. The summed E-state index contributed by atoms with van der Waals surface area (Å²) in [6.07, 6.45) is 5.16.